The average molecular weight is 290 g/mol. The Bertz CT molecular complexity index is 566. The second-order valence-corrected chi connectivity index (χ2v) is 5.30. The maximum atomic E-state index is 5.94. The largest absolute Gasteiger partial charge is 0.457 e. The Labute approximate surface area is 125 Å². The molecule has 0 bridgehead atoms. The lowest BCUT2D eigenvalue weighted by Crippen LogP contribution is -2.17. The highest BCUT2D eigenvalue weighted by atomic mass is 35.5. The van der Waals surface area contributed by atoms with E-state index >= 15 is 0 Å². The predicted molar refractivity (Wildman–Crippen MR) is 84.8 cm³/mol. The van der Waals surface area contributed by atoms with Crippen molar-refractivity contribution in [3.8, 4) is 11.5 Å². The zero-order valence-electron chi connectivity index (χ0n) is 12.1. The fourth-order valence-electron chi connectivity index (χ4n) is 2.10. The van der Waals surface area contributed by atoms with E-state index in [1.807, 2.05) is 37.3 Å². The molecule has 0 spiro atoms. The Hall–Kier alpha value is -1.51. The lowest BCUT2D eigenvalue weighted by molar-refractivity contribution is 0.478. The summed E-state index contributed by atoms with van der Waals surface area (Å²) in [5, 5.41) is 4.12. The predicted octanol–water partition coefficient (Wildman–Crippen LogP) is 5.11. The standard InChI is InChI=1S/C17H20ClNO/c1-4-19-13(3)14-5-8-16(9-6-14)20-17-10-7-15(18)11-12(17)2/h5-11,13,19H,4H2,1-3H3. The summed E-state index contributed by atoms with van der Waals surface area (Å²) in [5.41, 5.74) is 2.29. The van der Waals surface area contributed by atoms with Gasteiger partial charge in [0.1, 0.15) is 11.5 Å². The van der Waals surface area contributed by atoms with Crippen molar-refractivity contribution in [2.24, 2.45) is 0 Å². The molecule has 2 rings (SSSR count). The second kappa shape index (κ2) is 6.78. The monoisotopic (exact) mass is 289 g/mol. The van der Waals surface area contributed by atoms with Crippen LogP contribution in [0.3, 0.4) is 0 Å². The van der Waals surface area contributed by atoms with Gasteiger partial charge in [0.15, 0.2) is 0 Å². The topological polar surface area (TPSA) is 21.3 Å². The Morgan fingerprint density at radius 1 is 1.15 bits per heavy atom. The fraction of sp³-hybridized carbons (Fsp3) is 0.294. The minimum atomic E-state index is 0.353. The SMILES string of the molecule is CCNC(C)c1ccc(Oc2ccc(Cl)cc2C)cc1. The maximum Gasteiger partial charge on any atom is 0.130 e. The number of ether oxygens (including phenoxy) is 1. The molecule has 2 aromatic carbocycles. The molecule has 0 saturated heterocycles. The number of benzene rings is 2. The molecule has 3 heteroatoms. The van der Waals surface area contributed by atoms with Crippen molar-refractivity contribution in [3.63, 3.8) is 0 Å². The van der Waals surface area contributed by atoms with Crippen LogP contribution in [0, 0.1) is 6.92 Å². The Morgan fingerprint density at radius 3 is 2.45 bits per heavy atom. The number of hydrogen-bond acceptors (Lipinski definition) is 2. The Balaban J connectivity index is 2.10. The van der Waals surface area contributed by atoms with Crippen LogP contribution in [-0.2, 0) is 0 Å². The molecule has 20 heavy (non-hydrogen) atoms. The first-order chi connectivity index (χ1) is 9.60. The third-order valence-corrected chi connectivity index (χ3v) is 3.49. The molecule has 0 fully saturated rings. The molecule has 0 aliphatic heterocycles. The highest BCUT2D eigenvalue weighted by molar-refractivity contribution is 6.30. The molecule has 0 aromatic heterocycles. The molecule has 0 radical (unpaired) electrons. The summed E-state index contributed by atoms with van der Waals surface area (Å²) in [5.74, 6) is 1.67. The van der Waals surface area contributed by atoms with Gasteiger partial charge in [-0.3, -0.25) is 0 Å². The quantitative estimate of drug-likeness (QED) is 0.826. The molecule has 2 aromatic rings. The van der Waals surface area contributed by atoms with Crippen molar-refractivity contribution >= 4 is 11.6 Å². The molecule has 1 N–H and O–H groups in total. The lowest BCUT2D eigenvalue weighted by atomic mass is 10.1. The van der Waals surface area contributed by atoms with Crippen LogP contribution in [0.1, 0.15) is 31.0 Å². The molecular formula is C17H20ClNO. The van der Waals surface area contributed by atoms with Crippen LogP contribution in [-0.4, -0.2) is 6.54 Å². The highest BCUT2D eigenvalue weighted by Crippen LogP contribution is 2.28. The van der Waals surface area contributed by atoms with Crippen molar-refractivity contribution in [2.45, 2.75) is 26.8 Å². The van der Waals surface area contributed by atoms with Crippen molar-refractivity contribution in [2.75, 3.05) is 6.54 Å². The van der Waals surface area contributed by atoms with Gasteiger partial charge >= 0.3 is 0 Å². The van der Waals surface area contributed by atoms with E-state index < -0.39 is 0 Å². The first kappa shape index (κ1) is 14.9. The third-order valence-electron chi connectivity index (χ3n) is 3.26. The summed E-state index contributed by atoms with van der Waals surface area (Å²) in [6, 6.07) is 14.2. The zero-order valence-corrected chi connectivity index (χ0v) is 12.9. The summed E-state index contributed by atoms with van der Waals surface area (Å²) in [7, 11) is 0. The maximum absolute atomic E-state index is 5.94. The van der Waals surface area contributed by atoms with Gasteiger partial charge in [0, 0.05) is 11.1 Å². The van der Waals surface area contributed by atoms with E-state index in [1.165, 1.54) is 5.56 Å². The summed E-state index contributed by atoms with van der Waals surface area (Å²) in [4.78, 5) is 0. The molecular weight excluding hydrogens is 270 g/mol. The van der Waals surface area contributed by atoms with Gasteiger partial charge in [-0.1, -0.05) is 30.7 Å². The molecule has 0 aliphatic carbocycles. The van der Waals surface area contributed by atoms with Gasteiger partial charge in [0.25, 0.3) is 0 Å². The molecule has 0 heterocycles. The van der Waals surface area contributed by atoms with E-state index in [-0.39, 0.29) is 0 Å². The molecule has 2 nitrogen and oxygen atoms in total. The van der Waals surface area contributed by atoms with Crippen molar-refractivity contribution in [1.29, 1.82) is 0 Å². The Morgan fingerprint density at radius 2 is 1.85 bits per heavy atom. The van der Waals surface area contributed by atoms with Gasteiger partial charge < -0.3 is 10.1 Å². The van der Waals surface area contributed by atoms with E-state index in [0.29, 0.717) is 6.04 Å². The summed E-state index contributed by atoms with van der Waals surface area (Å²) in [6.07, 6.45) is 0. The molecule has 0 aliphatic rings. The van der Waals surface area contributed by atoms with Crippen LogP contribution >= 0.6 is 11.6 Å². The van der Waals surface area contributed by atoms with Gasteiger partial charge in [0.05, 0.1) is 0 Å². The minimum absolute atomic E-state index is 0.353. The van der Waals surface area contributed by atoms with E-state index in [0.717, 1.165) is 28.6 Å². The number of rotatable bonds is 5. The van der Waals surface area contributed by atoms with Gasteiger partial charge in [-0.15, -0.1) is 0 Å². The molecule has 106 valence electrons. The van der Waals surface area contributed by atoms with Crippen molar-refractivity contribution in [3.05, 3.63) is 58.6 Å². The van der Waals surface area contributed by atoms with Crippen LogP contribution in [0.2, 0.25) is 5.02 Å². The first-order valence-corrected chi connectivity index (χ1v) is 7.25. The molecule has 1 atom stereocenters. The summed E-state index contributed by atoms with van der Waals surface area (Å²) < 4.78 is 5.88. The molecule has 1 unspecified atom stereocenters. The van der Waals surface area contributed by atoms with Gasteiger partial charge in [0.2, 0.25) is 0 Å². The number of aryl methyl sites for hydroxylation is 1. The van der Waals surface area contributed by atoms with Gasteiger partial charge in [-0.2, -0.15) is 0 Å². The zero-order chi connectivity index (χ0) is 14.5. The van der Waals surface area contributed by atoms with E-state index in [9.17, 15) is 0 Å². The highest BCUT2D eigenvalue weighted by Gasteiger charge is 2.05. The van der Waals surface area contributed by atoms with Crippen LogP contribution < -0.4 is 10.1 Å². The van der Waals surface area contributed by atoms with Gasteiger partial charge in [-0.05, 0) is 61.9 Å². The lowest BCUT2D eigenvalue weighted by Gasteiger charge is -2.14. The van der Waals surface area contributed by atoms with Gasteiger partial charge in [-0.25, -0.2) is 0 Å². The van der Waals surface area contributed by atoms with Crippen molar-refractivity contribution < 1.29 is 4.74 Å². The fourth-order valence-corrected chi connectivity index (χ4v) is 2.33. The number of hydrogen-bond donors (Lipinski definition) is 1. The third kappa shape index (κ3) is 3.75. The van der Waals surface area contributed by atoms with Crippen LogP contribution in [0.25, 0.3) is 0 Å². The smallest absolute Gasteiger partial charge is 0.130 e. The van der Waals surface area contributed by atoms with Crippen LogP contribution in [0.5, 0.6) is 11.5 Å². The van der Waals surface area contributed by atoms with E-state index in [1.54, 1.807) is 0 Å². The van der Waals surface area contributed by atoms with Crippen LogP contribution in [0.4, 0.5) is 0 Å². The average Bonchev–Trinajstić information content (AvgIpc) is 2.43. The summed E-state index contributed by atoms with van der Waals surface area (Å²) >= 11 is 5.94. The van der Waals surface area contributed by atoms with Crippen LogP contribution in [0.15, 0.2) is 42.5 Å². The van der Waals surface area contributed by atoms with E-state index in [4.69, 9.17) is 16.3 Å². The number of nitrogens with one attached hydrogen (secondary N) is 1. The first-order valence-electron chi connectivity index (χ1n) is 6.87. The number of halogens is 1. The molecule has 0 saturated carbocycles. The second-order valence-electron chi connectivity index (χ2n) is 4.86. The summed E-state index contributed by atoms with van der Waals surface area (Å²) in [6.45, 7) is 7.21. The van der Waals surface area contributed by atoms with E-state index in [2.05, 4.69) is 31.3 Å². The van der Waals surface area contributed by atoms with Crippen molar-refractivity contribution in [1.82, 2.24) is 5.32 Å². The molecule has 0 amide bonds. The normalized spacial score (nSPS) is 12.2. The minimum Gasteiger partial charge on any atom is -0.457 e. The Kier molecular flexibility index (Phi) is 5.05.